The molecule has 0 saturated carbocycles. The Labute approximate surface area is 47.8 Å². The van der Waals surface area contributed by atoms with Crippen molar-refractivity contribution < 1.29 is 15.7 Å². The van der Waals surface area contributed by atoms with Crippen LogP contribution in [0.15, 0.2) is 22.3 Å². The molecule has 0 amide bonds. The fraction of sp³-hybridized carbons (Fsp3) is 0. The van der Waals surface area contributed by atoms with Crippen molar-refractivity contribution >= 4 is 9.53 Å². The second-order valence-electron chi connectivity index (χ2n) is 0.502. The number of halogens is 1. The molecule has 0 aliphatic rings. The van der Waals surface area contributed by atoms with E-state index in [2.05, 4.69) is 13.2 Å². The van der Waals surface area contributed by atoms with Gasteiger partial charge in [0, 0.05) is 0 Å². The standard InChI is InChI=1S/2C2H3.ClH.Pd/c2*1-2;;/h2*1H,2H2;1H;/q;;;+1/p-1. The molecule has 0 heterocycles. The average molecular weight is 196 g/mol. The predicted molar refractivity (Wildman–Crippen MR) is 26.2 cm³/mol. The summed E-state index contributed by atoms with van der Waals surface area (Å²) in [5.41, 5.74) is 0. The molecular weight excluding hydrogens is 190 g/mol. The van der Waals surface area contributed by atoms with Gasteiger partial charge in [-0.05, 0) is 0 Å². The van der Waals surface area contributed by atoms with E-state index in [1.54, 1.807) is 9.10 Å². The van der Waals surface area contributed by atoms with Crippen LogP contribution < -0.4 is 0 Å². The maximum absolute atomic E-state index is 5.53. The quantitative estimate of drug-likeness (QED) is 0.592. The Bertz CT molecular complexity index is 52.6. The molecule has 0 radical (unpaired) electrons. The fourth-order valence-electron chi connectivity index (χ4n) is 0.0527. The van der Waals surface area contributed by atoms with Gasteiger partial charge < -0.3 is 0 Å². The molecule has 6 heavy (non-hydrogen) atoms. The van der Waals surface area contributed by atoms with E-state index in [9.17, 15) is 0 Å². The minimum absolute atomic E-state index is 0.985. The first-order valence-electron chi connectivity index (χ1n) is 1.30. The monoisotopic (exact) mass is 195 g/mol. The SMILES string of the molecule is C=[CH][Pd]([Cl])[CH]=C. The number of hydrogen-bond acceptors (Lipinski definition) is 0. The first-order valence-corrected chi connectivity index (χ1v) is 5.10. The Kier molecular flexibility index (Phi) is 3.88. The second-order valence-corrected chi connectivity index (χ2v) is 4.60. The van der Waals surface area contributed by atoms with E-state index < -0.39 is 15.7 Å². The van der Waals surface area contributed by atoms with E-state index in [4.69, 9.17) is 9.53 Å². The van der Waals surface area contributed by atoms with E-state index in [0.29, 0.717) is 0 Å². The molecule has 0 N–H and O–H groups in total. The van der Waals surface area contributed by atoms with Crippen LogP contribution in [0.3, 0.4) is 0 Å². The molecule has 0 unspecified atom stereocenters. The molecule has 0 bridgehead atoms. The Morgan fingerprint density at radius 1 is 1.33 bits per heavy atom. The zero-order chi connectivity index (χ0) is 4.99. The Balaban J connectivity index is 3.21. The van der Waals surface area contributed by atoms with E-state index in [-0.39, 0.29) is 0 Å². The molecule has 0 aliphatic heterocycles. The molecular formula is C4H6ClPd. The van der Waals surface area contributed by atoms with Gasteiger partial charge in [0.25, 0.3) is 0 Å². The average Bonchev–Trinajstić information content (AvgIpc) is 1.65. The summed E-state index contributed by atoms with van der Waals surface area (Å²) in [5.74, 6) is 0. The first kappa shape index (κ1) is 6.43. The van der Waals surface area contributed by atoms with Crippen LogP contribution in [0.4, 0.5) is 0 Å². The summed E-state index contributed by atoms with van der Waals surface area (Å²) in [6.07, 6.45) is 0. The maximum atomic E-state index is 5.53. The molecule has 0 spiro atoms. The van der Waals surface area contributed by atoms with Gasteiger partial charge in [-0.25, -0.2) is 0 Å². The van der Waals surface area contributed by atoms with Crippen LogP contribution in [0.2, 0.25) is 0 Å². The van der Waals surface area contributed by atoms with Crippen molar-refractivity contribution in [3.05, 3.63) is 22.3 Å². The topological polar surface area (TPSA) is 0 Å². The van der Waals surface area contributed by atoms with E-state index >= 15 is 0 Å². The van der Waals surface area contributed by atoms with Crippen LogP contribution >= 0.6 is 9.53 Å². The summed E-state index contributed by atoms with van der Waals surface area (Å²) < 4.78 is 3.47. The number of hydrogen-bond donors (Lipinski definition) is 0. The summed E-state index contributed by atoms with van der Waals surface area (Å²) in [5, 5.41) is 0. The normalized spacial score (nSPS) is 9.83. The number of rotatable bonds is 2. The van der Waals surface area contributed by atoms with Crippen molar-refractivity contribution in [2.75, 3.05) is 0 Å². The first-order chi connectivity index (χ1) is 2.81. The third-order valence-electron chi connectivity index (χ3n) is 0.247. The molecule has 2 heteroatoms. The van der Waals surface area contributed by atoms with Crippen LogP contribution in [0.5, 0.6) is 0 Å². The summed E-state index contributed by atoms with van der Waals surface area (Å²) >= 11 is -0.985. The summed E-state index contributed by atoms with van der Waals surface area (Å²) in [6, 6.07) is 0. The van der Waals surface area contributed by atoms with Crippen molar-refractivity contribution in [3.8, 4) is 0 Å². The molecule has 0 nitrogen and oxygen atoms in total. The van der Waals surface area contributed by atoms with Gasteiger partial charge in [-0.1, -0.05) is 0 Å². The van der Waals surface area contributed by atoms with Gasteiger partial charge in [0.05, 0.1) is 0 Å². The van der Waals surface area contributed by atoms with Crippen LogP contribution in [0.25, 0.3) is 0 Å². The van der Waals surface area contributed by atoms with E-state index in [1.165, 1.54) is 0 Å². The van der Waals surface area contributed by atoms with Crippen LogP contribution in [-0.2, 0) is 15.7 Å². The van der Waals surface area contributed by atoms with Gasteiger partial charge in [0.1, 0.15) is 0 Å². The minimum atomic E-state index is -0.985. The van der Waals surface area contributed by atoms with Crippen molar-refractivity contribution in [3.63, 3.8) is 0 Å². The third-order valence-corrected chi connectivity index (χ3v) is 2.61. The molecule has 39 valence electrons. The summed E-state index contributed by atoms with van der Waals surface area (Å²) in [4.78, 5) is 0. The van der Waals surface area contributed by atoms with Gasteiger partial charge in [-0.3, -0.25) is 0 Å². The molecule has 0 rings (SSSR count). The fourth-order valence-corrected chi connectivity index (χ4v) is 0.312. The molecule has 0 fully saturated rings. The summed E-state index contributed by atoms with van der Waals surface area (Å²) in [7, 11) is 5.53. The molecule has 0 aromatic heterocycles. The zero-order valence-corrected chi connectivity index (χ0v) is 5.57. The molecule has 0 aromatic carbocycles. The van der Waals surface area contributed by atoms with Gasteiger partial charge in [0.15, 0.2) is 0 Å². The molecule has 0 aromatic rings. The second kappa shape index (κ2) is 3.62. The van der Waals surface area contributed by atoms with Gasteiger partial charge >= 0.3 is 47.5 Å². The van der Waals surface area contributed by atoms with E-state index in [1.807, 2.05) is 0 Å². The van der Waals surface area contributed by atoms with Crippen LogP contribution in [-0.4, -0.2) is 0 Å². The third kappa shape index (κ3) is 2.66. The van der Waals surface area contributed by atoms with Crippen molar-refractivity contribution in [2.45, 2.75) is 0 Å². The molecule has 0 aliphatic carbocycles. The van der Waals surface area contributed by atoms with Crippen molar-refractivity contribution in [1.29, 1.82) is 0 Å². The van der Waals surface area contributed by atoms with Gasteiger partial charge in [-0.15, -0.1) is 0 Å². The zero-order valence-electron chi connectivity index (χ0n) is 3.26. The van der Waals surface area contributed by atoms with Crippen molar-refractivity contribution in [1.82, 2.24) is 0 Å². The van der Waals surface area contributed by atoms with Crippen molar-refractivity contribution in [2.24, 2.45) is 0 Å². The summed E-state index contributed by atoms with van der Waals surface area (Å²) in [6.45, 7) is 6.96. The van der Waals surface area contributed by atoms with Gasteiger partial charge in [0.2, 0.25) is 0 Å². The van der Waals surface area contributed by atoms with E-state index in [0.717, 1.165) is 0 Å². The Morgan fingerprint density at radius 2 is 1.67 bits per heavy atom. The van der Waals surface area contributed by atoms with Crippen LogP contribution in [0, 0.1) is 0 Å². The predicted octanol–water partition coefficient (Wildman–Crippen LogP) is 2.05. The molecule has 0 saturated heterocycles. The Hall–Kier alpha value is 0.432. The Morgan fingerprint density at radius 3 is 1.67 bits per heavy atom. The molecule has 0 atom stereocenters. The van der Waals surface area contributed by atoms with Gasteiger partial charge in [-0.2, -0.15) is 0 Å². The van der Waals surface area contributed by atoms with Crippen LogP contribution in [0.1, 0.15) is 0 Å².